The molecular formula is C26H26ClFN4O2. The van der Waals surface area contributed by atoms with Crippen LogP contribution in [-0.2, 0) is 17.9 Å². The van der Waals surface area contributed by atoms with E-state index in [1.807, 2.05) is 12.1 Å². The minimum Gasteiger partial charge on any atom is -0.348 e. The highest BCUT2D eigenvalue weighted by atomic mass is 35.5. The van der Waals surface area contributed by atoms with Gasteiger partial charge in [-0.15, -0.1) is 0 Å². The first kappa shape index (κ1) is 23.9. The SMILES string of the molecule is O=C(NCc1cccnc1)c1ccccc1NC(=O)C1CCN(Cc2ccc(Cl)cc2F)CC1. The number of carbonyl (C=O) groups is 2. The Balaban J connectivity index is 1.31. The zero-order valence-corrected chi connectivity index (χ0v) is 19.4. The van der Waals surface area contributed by atoms with Crippen LogP contribution < -0.4 is 10.6 Å². The summed E-state index contributed by atoms with van der Waals surface area (Å²) in [6.45, 7) is 2.21. The van der Waals surface area contributed by atoms with Gasteiger partial charge in [0.25, 0.3) is 5.91 Å². The molecule has 2 N–H and O–H groups in total. The van der Waals surface area contributed by atoms with Gasteiger partial charge in [-0.05, 0) is 61.8 Å². The van der Waals surface area contributed by atoms with Crippen molar-refractivity contribution >= 4 is 29.1 Å². The number of nitrogens with one attached hydrogen (secondary N) is 2. The normalized spacial score (nSPS) is 14.5. The smallest absolute Gasteiger partial charge is 0.253 e. The van der Waals surface area contributed by atoms with Gasteiger partial charge in [0.2, 0.25) is 5.91 Å². The Kier molecular flexibility index (Phi) is 7.87. The van der Waals surface area contributed by atoms with Crippen LogP contribution in [0.15, 0.2) is 67.0 Å². The summed E-state index contributed by atoms with van der Waals surface area (Å²) in [7, 11) is 0. The van der Waals surface area contributed by atoms with Crippen molar-refractivity contribution < 1.29 is 14.0 Å². The minimum atomic E-state index is -0.314. The fourth-order valence-corrected chi connectivity index (χ4v) is 4.21. The molecule has 2 aromatic carbocycles. The highest BCUT2D eigenvalue weighted by Gasteiger charge is 2.26. The van der Waals surface area contributed by atoms with E-state index in [0.717, 1.165) is 5.56 Å². The molecule has 0 radical (unpaired) electrons. The molecule has 0 spiro atoms. The van der Waals surface area contributed by atoms with E-state index in [-0.39, 0.29) is 23.5 Å². The predicted octanol–water partition coefficient (Wildman–Crippen LogP) is 4.65. The summed E-state index contributed by atoms with van der Waals surface area (Å²) in [5.74, 6) is -0.854. The third kappa shape index (κ3) is 6.18. The number of hydrogen-bond donors (Lipinski definition) is 2. The van der Waals surface area contributed by atoms with Crippen LogP contribution in [0.5, 0.6) is 0 Å². The summed E-state index contributed by atoms with van der Waals surface area (Å²) in [5.41, 5.74) is 2.39. The molecule has 2 heterocycles. The number of para-hydroxylation sites is 1. The molecule has 1 saturated heterocycles. The van der Waals surface area contributed by atoms with E-state index in [4.69, 9.17) is 11.6 Å². The van der Waals surface area contributed by atoms with Crippen LogP contribution in [0.4, 0.5) is 10.1 Å². The maximum Gasteiger partial charge on any atom is 0.253 e. The van der Waals surface area contributed by atoms with Crippen molar-refractivity contribution in [1.82, 2.24) is 15.2 Å². The molecule has 1 aromatic heterocycles. The number of likely N-dealkylation sites (tertiary alicyclic amines) is 1. The maximum absolute atomic E-state index is 14.1. The summed E-state index contributed by atoms with van der Waals surface area (Å²) in [5, 5.41) is 6.18. The van der Waals surface area contributed by atoms with E-state index in [1.54, 1.807) is 48.8 Å². The van der Waals surface area contributed by atoms with Crippen LogP contribution >= 0.6 is 11.6 Å². The molecule has 0 unspecified atom stereocenters. The van der Waals surface area contributed by atoms with Gasteiger partial charge in [-0.1, -0.05) is 35.9 Å². The molecule has 3 aromatic rings. The third-order valence-electron chi connectivity index (χ3n) is 5.97. The van der Waals surface area contributed by atoms with Crippen LogP contribution in [0, 0.1) is 11.7 Å². The molecule has 4 rings (SSSR count). The number of anilines is 1. The fourth-order valence-electron chi connectivity index (χ4n) is 4.05. The summed E-state index contributed by atoms with van der Waals surface area (Å²) >= 11 is 5.83. The van der Waals surface area contributed by atoms with Crippen LogP contribution in [-0.4, -0.2) is 34.8 Å². The monoisotopic (exact) mass is 480 g/mol. The van der Waals surface area contributed by atoms with Gasteiger partial charge >= 0.3 is 0 Å². The topological polar surface area (TPSA) is 74.3 Å². The van der Waals surface area contributed by atoms with Crippen molar-refractivity contribution in [1.29, 1.82) is 0 Å². The van der Waals surface area contributed by atoms with Crippen molar-refractivity contribution in [3.63, 3.8) is 0 Å². The number of carbonyl (C=O) groups excluding carboxylic acids is 2. The second-order valence-corrected chi connectivity index (χ2v) is 8.80. The van der Waals surface area contributed by atoms with Crippen molar-refractivity contribution in [2.75, 3.05) is 18.4 Å². The van der Waals surface area contributed by atoms with Crippen LogP contribution in [0.2, 0.25) is 5.02 Å². The van der Waals surface area contributed by atoms with Gasteiger partial charge in [0, 0.05) is 42.0 Å². The second kappa shape index (κ2) is 11.2. The van der Waals surface area contributed by atoms with Crippen molar-refractivity contribution in [3.05, 3.63) is 94.5 Å². The molecule has 2 amide bonds. The molecule has 1 aliphatic rings. The van der Waals surface area contributed by atoms with E-state index in [2.05, 4.69) is 20.5 Å². The van der Waals surface area contributed by atoms with Crippen LogP contribution in [0.25, 0.3) is 0 Å². The van der Waals surface area contributed by atoms with Gasteiger partial charge in [0.1, 0.15) is 5.82 Å². The number of aromatic nitrogens is 1. The van der Waals surface area contributed by atoms with E-state index in [9.17, 15) is 14.0 Å². The number of nitrogens with zero attached hydrogens (tertiary/aromatic N) is 2. The molecule has 0 aliphatic carbocycles. The lowest BCUT2D eigenvalue weighted by Gasteiger charge is -2.31. The van der Waals surface area contributed by atoms with Crippen molar-refractivity contribution in [3.8, 4) is 0 Å². The number of rotatable bonds is 7. The second-order valence-electron chi connectivity index (χ2n) is 8.36. The number of halogens is 2. The van der Waals surface area contributed by atoms with Gasteiger partial charge in [-0.25, -0.2) is 4.39 Å². The molecule has 0 atom stereocenters. The average Bonchev–Trinajstić information content (AvgIpc) is 2.85. The first-order chi connectivity index (χ1) is 16.5. The Morgan fingerprint density at radius 2 is 1.88 bits per heavy atom. The molecule has 6 nitrogen and oxygen atoms in total. The Labute approximate surface area is 203 Å². The largest absolute Gasteiger partial charge is 0.348 e. The Bertz CT molecular complexity index is 1150. The summed E-state index contributed by atoms with van der Waals surface area (Å²) in [6, 6.07) is 15.4. The van der Waals surface area contributed by atoms with Gasteiger partial charge in [0.05, 0.1) is 11.3 Å². The van der Waals surface area contributed by atoms with Gasteiger partial charge in [-0.2, -0.15) is 0 Å². The number of piperidine rings is 1. The maximum atomic E-state index is 14.1. The molecular weight excluding hydrogens is 455 g/mol. The molecule has 0 bridgehead atoms. The zero-order valence-electron chi connectivity index (χ0n) is 18.6. The Hall–Kier alpha value is -3.29. The first-order valence-corrected chi connectivity index (χ1v) is 11.6. The molecule has 34 heavy (non-hydrogen) atoms. The van der Waals surface area contributed by atoms with Gasteiger partial charge < -0.3 is 10.6 Å². The molecule has 0 saturated carbocycles. The zero-order chi connectivity index (χ0) is 23.9. The molecule has 1 fully saturated rings. The van der Waals surface area contributed by atoms with Gasteiger partial charge in [-0.3, -0.25) is 19.5 Å². The minimum absolute atomic E-state index is 0.107. The fraction of sp³-hybridized carbons (Fsp3) is 0.269. The Morgan fingerprint density at radius 3 is 2.62 bits per heavy atom. The van der Waals surface area contributed by atoms with E-state index < -0.39 is 0 Å². The lowest BCUT2D eigenvalue weighted by atomic mass is 9.95. The van der Waals surface area contributed by atoms with Crippen molar-refractivity contribution in [2.24, 2.45) is 5.92 Å². The lowest BCUT2D eigenvalue weighted by Crippen LogP contribution is -2.38. The summed E-state index contributed by atoms with van der Waals surface area (Å²) in [4.78, 5) is 31.8. The third-order valence-corrected chi connectivity index (χ3v) is 6.21. The van der Waals surface area contributed by atoms with Crippen molar-refractivity contribution in [2.45, 2.75) is 25.9 Å². The molecule has 8 heteroatoms. The van der Waals surface area contributed by atoms with E-state index in [1.165, 1.54) is 6.07 Å². The van der Waals surface area contributed by atoms with Crippen LogP contribution in [0.3, 0.4) is 0 Å². The Morgan fingerprint density at radius 1 is 1.09 bits per heavy atom. The standard InChI is InChI=1S/C26H26ClFN4O2/c27-21-8-7-20(23(28)14-21)17-32-12-9-19(10-13-32)25(33)31-24-6-2-1-5-22(24)26(34)30-16-18-4-3-11-29-15-18/h1-8,11,14-15,19H,9-10,12-13,16-17H2,(H,30,34)(H,31,33). The average molecular weight is 481 g/mol. The summed E-state index contributed by atoms with van der Waals surface area (Å²) in [6.07, 6.45) is 4.70. The first-order valence-electron chi connectivity index (χ1n) is 11.2. The van der Waals surface area contributed by atoms with Crippen LogP contribution in [0.1, 0.15) is 34.3 Å². The number of pyridine rings is 1. The summed E-state index contributed by atoms with van der Waals surface area (Å²) < 4.78 is 14.1. The molecule has 176 valence electrons. The number of amides is 2. The van der Waals surface area contributed by atoms with E-state index >= 15 is 0 Å². The number of benzene rings is 2. The molecule has 1 aliphatic heterocycles. The number of hydrogen-bond acceptors (Lipinski definition) is 4. The van der Waals surface area contributed by atoms with E-state index in [0.29, 0.717) is 60.9 Å². The highest BCUT2D eigenvalue weighted by molar-refractivity contribution is 6.30. The predicted molar refractivity (Wildman–Crippen MR) is 130 cm³/mol. The quantitative estimate of drug-likeness (QED) is 0.516. The van der Waals surface area contributed by atoms with Gasteiger partial charge in [0.15, 0.2) is 0 Å². The highest BCUT2D eigenvalue weighted by Crippen LogP contribution is 2.24. The lowest BCUT2D eigenvalue weighted by molar-refractivity contribution is -0.121.